The predicted molar refractivity (Wildman–Crippen MR) is 51.9 cm³/mol. The Morgan fingerprint density at radius 1 is 0.706 bits per heavy atom. The van der Waals surface area contributed by atoms with Crippen molar-refractivity contribution >= 4 is 0 Å². The van der Waals surface area contributed by atoms with Crippen LogP contribution in [0.1, 0.15) is 0 Å². The van der Waals surface area contributed by atoms with E-state index in [-0.39, 0.29) is 114 Å². The first-order valence-electron chi connectivity index (χ1n) is 4.46. The van der Waals surface area contributed by atoms with Crippen molar-refractivity contribution in [1.82, 2.24) is 0 Å². The van der Waals surface area contributed by atoms with Crippen LogP contribution in [-0.4, -0.2) is 0 Å². The number of benzene rings is 2. The van der Waals surface area contributed by atoms with E-state index in [1.807, 2.05) is 0 Å². The SMILES string of the molecule is [K+].[K+].[O-]c1cccc(Oc2cccc([O-])c2)c1. The number of ether oxygens (including phenoxy) is 1. The van der Waals surface area contributed by atoms with E-state index < -0.39 is 0 Å². The van der Waals surface area contributed by atoms with Gasteiger partial charge in [0, 0.05) is 0 Å². The van der Waals surface area contributed by atoms with Crippen molar-refractivity contribution in [2.24, 2.45) is 0 Å². The van der Waals surface area contributed by atoms with Crippen molar-refractivity contribution in [3.05, 3.63) is 48.5 Å². The Bertz CT molecular complexity index is 431. The summed E-state index contributed by atoms with van der Waals surface area (Å²) >= 11 is 0. The molecule has 0 heterocycles. The summed E-state index contributed by atoms with van der Waals surface area (Å²) in [6.45, 7) is 0. The molecule has 0 aliphatic rings. The fraction of sp³-hybridized carbons (Fsp3) is 0. The van der Waals surface area contributed by atoms with Crippen molar-refractivity contribution in [2.45, 2.75) is 0 Å². The summed E-state index contributed by atoms with van der Waals surface area (Å²) in [5, 5.41) is 22.0. The van der Waals surface area contributed by atoms with Gasteiger partial charge in [0.2, 0.25) is 0 Å². The third-order valence-corrected chi connectivity index (χ3v) is 1.85. The first-order chi connectivity index (χ1) is 7.24. The summed E-state index contributed by atoms with van der Waals surface area (Å²) in [5.74, 6) is 0.637. The Kier molecular flexibility index (Phi) is 9.68. The van der Waals surface area contributed by atoms with Gasteiger partial charge >= 0.3 is 103 Å². The molecule has 0 spiro atoms. The van der Waals surface area contributed by atoms with Crippen LogP contribution in [0.15, 0.2) is 48.5 Å². The van der Waals surface area contributed by atoms with Crippen molar-refractivity contribution < 1.29 is 118 Å². The Morgan fingerprint density at radius 2 is 1.12 bits per heavy atom. The Balaban J connectivity index is 0.00000128. The summed E-state index contributed by atoms with van der Waals surface area (Å²) in [5.41, 5.74) is 0. The van der Waals surface area contributed by atoms with Gasteiger partial charge in [-0.05, 0) is 24.3 Å². The third-order valence-electron chi connectivity index (χ3n) is 1.85. The average molecular weight is 278 g/mol. The van der Waals surface area contributed by atoms with Crippen molar-refractivity contribution in [3.63, 3.8) is 0 Å². The zero-order valence-electron chi connectivity index (χ0n) is 9.84. The monoisotopic (exact) mass is 278 g/mol. The van der Waals surface area contributed by atoms with Gasteiger partial charge in [0.25, 0.3) is 0 Å². The van der Waals surface area contributed by atoms with E-state index in [2.05, 4.69) is 0 Å². The molecule has 76 valence electrons. The fourth-order valence-electron chi connectivity index (χ4n) is 1.21. The van der Waals surface area contributed by atoms with E-state index in [1.165, 1.54) is 24.3 Å². The minimum atomic E-state index is -0.120. The van der Waals surface area contributed by atoms with Gasteiger partial charge in [0.05, 0.1) is 0 Å². The van der Waals surface area contributed by atoms with Crippen LogP contribution in [0.2, 0.25) is 0 Å². The van der Waals surface area contributed by atoms with Crippen LogP contribution < -0.4 is 118 Å². The molecule has 0 saturated heterocycles. The Hall–Kier alpha value is 1.11. The van der Waals surface area contributed by atoms with Crippen LogP contribution >= 0.6 is 0 Å². The van der Waals surface area contributed by atoms with Gasteiger partial charge < -0.3 is 14.9 Å². The van der Waals surface area contributed by atoms with Gasteiger partial charge in [-0.15, -0.1) is 11.5 Å². The average Bonchev–Trinajstić information content (AvgIpc) is 2.17. The number of rotatable bonds is 2. The number of hydrogen-bond donors (Lipinski definition) is 0. The molecule has 0 radical (unpaired) electrons. The van der Waals surface area contributed by atoms with Crippen LogP contribution in [-0.2, 0) is 0 Å². The zero-order chi connectivity index (χ0) is 10.7. The van der Waals surface area contributed by atoms with Crippen LogP contribution in [0.4, 0.5) is 0 Å². The van der Waals surface area contributed by atoms with Crippen LogP contribution in [0, 0.1) is 0 Å². The molecule has 0 atom stereocenters. The normalized spacial score (nSPS) is 8.71. The van der Waals surface area contributed by atoms with Gasteiger partial charge in [-0.1, -0.05) is 24.3 Å². The second-order valence-electron chi connectivity index (χ2n) is 3.05. The van der Waals surface area contributed by atoms with Crippen molar-refractivity contribution in [3.8, 4) is 23.0 Å². The smallest absolute Gasteiger partial charge is 0.872 e. The molecule has 0 fully saturated rings. The van der Waals surface area contributed by atoms with Gasteiger partial charge in [-0.2, -0.15) is 0 Å². The molecule has 0 bridgehead atoms. The van der Waals surface area contributed by atoms with Gasteiger partial charge in [-0.3, -0.25) is 0 Å². The first-order valence-corrected chi connectivity index (χ1v) is 4.46. The van der Waals surface area contributed by atoms with Gasteiger partial charge in [0.15, 0.2) is 0 Å². The first kappa shape index (κ1) is 18.1. The van der Waals surface area contributed by atoms with E-state index >= 15 is 0 Å². The van der Waals surface area contributed by atoms with E-state index in [0.29, 0.717) is 11.5 Å². The van der Waals surface area contributed by atoms with Crippen molar-refractivity contribution in [2.75, 3.05) is 0 Å². The van der Waals surface area contributed by atoms with Gasteiger partial charge in [0.1, 0.15) is 11.5 Å². The Morgan fingerprint density at radius 3 is 1.47 bits per heavy atom. The minimum Gasteiger partial charge on any atom is -0.872 e. The number of hydrogen-bond acceptors (Lipinski definition) is 3. The molecule has 0 aromatic heterocycles. The molecular weight excluding hydrogens is 270 g/mol. The van der Waals surface area contributed by atoms with E-state index in [0.717, 1.165) is 0 Å². The molecule has 0 saturated carbocycles. The second kappa shape index (κ2) is 9.09. The molecule has 3 nitrogen and oxygen atoms in total. The standard InChI is InChI=1S/C12H10O3.2K/c13-9-3-1-5-11(7-9)15-12-6-2-4-10(14)8-12;;/h1-8,13-14H;;/q;2*+1/p-2. The summed E-state index contributed by atoms with van der Waals surface area (Å²) in [7, 11) is 0. The maximum Gasteiger partial charge on any atom is 1.00 e. The van der Waals surface area contributed by atoms with E-state index in [4.69, 9.17) is 4.74 Å². The minimum absolute atomic E-state index is 0. The summed E-state index contributed by atoms with van der Waals surface area (Å²) in [4.78, 5) is 0. The van der Waals surface area contributed by atoms with E-state index in [9.17, 15) is 10.2 Å². The summed E-state index contributed by atoms with van der Waals surface area (Å²) in [6, 6.07) is 12.2. The summed E-state index contributed by atoms with van der Waals surface area (Å²) < 4.78 is 5.34. The Labute approximate surface area is 185 Å². The molecule has 0 unspecified atom stereocenters. The molecule has 0 aliphatic heterocycles. The van der Waals surface area contributed by atoms with Crippen LogP contribution in [0.5, 0.6) is 23.0 Å². The molecule has 0 N–H and O–H groups in total. The molecule has 17 heavy (non-hydrogen) atoms. The molecule has 2 aromatic rings. The fourth-order valence-corrected chi connectivity index (χ4v) is 1.21. The summed E-state index contributed by atoms with van der Waals surface area (Å²) in [6.07, 6.45) is 0. The predicted octanol–water partition coefficient (Wildman–Crippen LogP) is -4.37. The molecular formula is C12H8K2O3. The van der Waals surface area contributed by atoms with Crippen LogP contribution in [0.3, 0.4) is 0 Å². The van der Waals surface area contributed by atoms with Gasteiger partial charge in [-0.25, -0.2) is 0 Å². The maximum atomic E-state index is 11.0. The molecule has 0 aliphatic carbocycles. The quantitative estimate of drug-likeness (QED) is 0.522. The molecule has 5 heteroatoms. The molecule has 0 amide bonds. The second-order valence-corrected chi connectivity index (χ2v) is 3.05. The topological polar surface area (TPSA) is 55.3 Å². The third kappa shape index (κ3) is 6.20. The molecule has 2 rings (SSSR count). The molecule has 2 aromatic carbocycles. The zero-order valence-corrected chi connectivity index (χ0v) is 16.1. The maximum absolute atomic E-state index is 11.0. The largest absolute Gasteiger partial charge is 1.00 e. The van der Waals surface area contributed by atoms with E-state index in [1.54, 1.807) is 24.3 Å². The van der Waals surface area contributed by atoms with Crippen molar-refractivity contribution in [1.29, 1.82) is 0 Å². The van der Waals surface area contributed by atoms with Crippen LogP contribution in [0.25, 0.3) is 0 Å².